The van der Waals surface area contributed by atoms with Crippen molar-refractivity contribution in [3.05, 3.63) is 12.7 Å². The molecule has 12 nitrogen and oxygen atoms in total. The number of hydrogen-bond acceptors (Lipinski definition) is 10. The number of aromatic nitrogens is 4. The van der Waals surface area contributed by atoms with Crippen molar-refractivity contribution in [1.29, 1.82) is 0 Å². The number of fused-ring (bicyclic) bond motifs is 2. The highest BCUT2D eigenvalue weighted by atomic mass is 16.8. The minimum Gasteiger partial charge on any atom is -0.444 e. The van der Waals surface area contributed by atoms with Gasteiger partial charge in [0.25, 0.3) is 0 Å². The Bertz CT molecular complexity index is 1200. The van der Waals surface area contributed by atoms with Crippen molar-refractivity contribution in [1.82, 2.24) is 29.3 Å². The Hall–Kier alpha value is -2.54. The summed E-state index contributed by atoms with van der Waals surface area (Å²) in [7, 11) is 0. The van der Waals surface area contributed by atoms with Crippen LogP contribution >= 0.6 is 0 Å². The molecule has 38 heavy (non-hydrogen) atoms. The number of likely N-dealkylation sites (tertiary alicyclic amines) is 2. The van der Waals surface area contributed by atoms with Crippen molar-refractivity contribution in [2.45, 2.75) is 102 Å². The summed E-state index contributed by atoms with van der Waals surface area (Å²) < 4.78 is 26.9. The van der Waals surface area contributed by atoms with Gasteiger partial charge in [-0.3, -0.25) is 9.47 Å². The number of nitrogen functional groups attached to an aromatic ring is 1. The number of hydrogen-bond donors (Lipinski definition) is 1. The number of nitrogens with two attached hydrogens (primary N) is 1. The van der Waals surface area contributed by atoms with Gasteiger partial charge in [-0.2, -0.15) is 0 Å². The van der Waals surface area contributed by atoms with E-state index in [-0.39, 0.29) is 29.9 Å². The minimum absolute atomic E-state index is 0.0494. The van der Waals surface area contributed by atoms with Gasteiger partial charge in [0.2, 0.25) is 0 Å². The zero-order chi connectivity index (χ0) is 26.9. The summed E-state index contributed by atoms with van der Waals surface area (Å²) in [5.41, 5.74) is 6.75. The summed E-state index contributed by atoms with van der Waals surface area (Å²) in [4.78, 5) is 30.0. The third-order valence-electron chi connectivity index (χ3n) is 8.27. The van der Waals surface area contributed by atoms with E-state index in [0.29, 0.717) is 30.1 Å². The van der Waals surface area contributed by atoms with Gasteiger partial charge in [-0.1, -0.05) is 0 Å². The smallest absolute Gasteiger partial charge is 0.410 e. The van der Waals surface area contributed by atoms with Crippen LogP contribution in [-0.2, 0) is 18.9 Å². The van der Waals surface area contributed by atoms with Gasteiger partial charge >= 0.3 is 6.09 Å². The summed E-state index contributed by atoms with van der Waals surface area (Å²) in [5, 5.41) is 0. The lowest BCUT2D eigenvalue weighted by molar-refractivity contribution is -0.199. The van der Waals surface area contributed by atoms with E-state index in [4.69, 9.17) is 24.7 Å². The lowest BCUT2D eigenvalue weighted by atomic mass is 9.84. The molecule has 0 bridgehead atoms. The number of nitrogens with zero attached hydrogens (tertiary/aromatic N) is 6. The molecule has 12 heteroatoms. The average molecular weight is 530 g/mol. The Morgan fingerprint density at radius 3 is 2.58 bits per heavy atom. The van der Waals surface area contributed by atoms with Gasteiger partial charge in [0.1, 0.15) is 35.8 Å². The molecule has 0 aromatic carbocycles. The van der Waals surface area contributed by atoms with Crippen molar-refractivity contribution >= 4 is 23.1 Å². The van der Waals surface area contributed by atoms with Crippen LogP contribution in [0.15, 0.2) is 12.7 Å². The molecule has 0 radical (unpaired) electrons. The Morgan fingerprint density at radius 1 is 1.11 bits per heavy atom. The van der Waals surface area contributed by atoms with E-state index in [1.54, 1.807) is 6.33 Å². The largest absolute Gasteiger partial charge is 0.444 e. The first-order chi connectivity index (χ1) is 17.9. The highest BCUT2D eigenvalue weighted by Crippen LogP contribution is 2.46. The summed E-state index contributed by atoms with van der Waals surface area (Å²) in [6.45, 7) is 12.7. The van der Waals surface area contributed by atoms with E-state index in [1.807, 2.05) is 44.1 Å². The Morgan fingerprint density at radius 2 is 1.84 bits per heavy atom. The number of anilines is 1. The molecule has 4 aliphatic heterocycles. The van der Waals surface area contributed by atoms with E-state index in [2.05, 4.69) is 19.9 Å². The molecule has 0 unspecified atom stereocenters. The molecule has 1 spiro atoms. The first-order valence-electron chi connectivity index (χ1n) is 13.6. The second-order valence-electron chi connectivity index (χ2n) is 12.5. The van der Waals surface area contributed by atoms with Gasteiger partial charge in [-0.05, 0) is 66.8 Å². The van der Waals surface area contributed by atoms with Gasteiger partial charge < -0.3 is 29.6 Å². The number of amides is 1. The molecule has 6 rings (SSSR count). The van der Waals surface area contributed by atoms with E-state index in [9.17, 15) is 4.79 Å². The molecule has 0 saturated carbocycles. The van der Waals surface area contributed by atoms with Crippen LogP contribution in [0, 0.1) is 0 Å². The van der Waals surface area contributed by atoms with Crippen molar-refractivity contribution in [2.75, 3.05) is 31.9 Å². The third-order valence-corrected chi connectivity index (χ3v) is 8.27. The second kappa shape index (κ2) is 9.00. The number of piperidine rings is 1. The van der Waals surface area contributed by atoms with Crippen LogP contribution in [0.1, 0.15) is 66.5 Å². The summed E-state index contributed by atoms with van der Waals surface area (Å²) in [6.07, 6.45) is 5.81. The lowest BCUT2D eigenvalue weighted by Crippen LogP contribution is -2.56. The maximum atomic E-state index is 12.6. The maximum absolute atomic E-state index is 12.6. The van der Waals surface area contributed by atoms with Crippen LogP contribution < -0.4 is 5.73 Å². The number of imidazole rings is 1. The average Bonchev–Trinajstić information content (AvgIpc) is 3.57. The zero-order valence-corrected chi connectivity index (χ0v) is 22.9. The zero-order valence-electron chi connectivity index (χ0n) is 22.9. The van der Waals surface area contributed by atoms with Gasteiger partial charge in [0, 0.05) is 25.2 Å². The van der Waals surface area contributed by atoms with E-state index in [1.165, 1.54) is 6.33 Å². The normalized spacial score (nSPS) is 30.8. The van der Waals surface area contributed by atoms with Crippen LogP contribution in [-0.4, -0.2) is 96.8 Å². The van der Waals surface area contributed by atoms with E-state index in [0.717, 1.165) is 38.8 Å². The topological polar surface area (TPSA) is 130 Å². The predicted octanol–water partition coefficient (Wildman–Crippen LogP) is 2.69. The van der Waals surface area contributed by atoms with Crippen molar-refractivity contribution in [3.63, 3.8) is 0 Å². The molecule has 2 aromatic heterocycles. The molecule has 4 aliphatic rings. The highest BCUT2D eigenvalue weighted by molar-refractivity contribution is 5.81. The lowest BCUT2D eigenvalue weighted by Gasteiger charge is -2.46. The van der Waals surface area contributed by atoms with E-state index < -0.39 is 17.6 Å². The standard InChI is InChI=1S/C26H39N7O5/c1-24(2,3)38-23(34)31-11-8-26(9-12-31)7-6-10-32(26)13-16-18-19(37-25(4,5)36-18)22(35-16)33-15-30-17-20(27)28-14-29-21(17)33/h14-16,18-19,22H,6-13H2,1-5H3,(H2,27,28,29)/t16-,18-,19-,22-/m1/s1. The fourth-order valence-corrected chi connectivity index (χ4v) is 6.58. The monoisotopic (exact) mass is 529 g/mol. The number of ether oxygens (including phenoxy) is 4. The quantitative estimate of drug-likeness (QED) is 0.633. The number of rotatable bonds is 3. The third kappa shape index (κ3) is 4.51. The molecule has 2 aromatic rings. The summed E-state index contributed by atoms with van der Waals surface area (Å²) >= 11 is 0. The molecule has 0 aliphatic carbocycles. The van der Waals surface area contributed by atoms with Crippen LogP contribution in [0.2, 0.25) is 0 Å². The Balaban J connectivity index is 1.19. The SMILES string of the molecule is CC(C)(C)OC(=O)N1CCC2(CCCN2C[C@H]2O[C@@H](n3cnc4c(N)ncnc43)[C@@H]3OC(C)(C)O[C@@H]32)CC1. The van der Waals surface area contributed by atoms with Crippen LogP contribution in [0.3, 0.4) is 0 Å². The molecule has 6 heterocycles. The van der Waals surface area contributed by atoms with Gasteiger partial charge in [0.05, 0.1) is 6.33 Å². The fourth-order valence-electron chi connectivity index (χ4n) is 6.58. The highest BCUT2D eigenvalue weighted by Gasteiger charge is 2.57. The van der Waals surface area contributed by atoms with Crippen LogP contribution in [0.5, 0.6) is 0 Å². The molecule has 4 fully saturated rings. The van der Waals surface area contributed by atoms with Crippen molar-refractivity contribution in [2.24, 2.45) is 0 Å². The Kier molecular flexibility index (Phi) is 6.09. The number of carbonyl (C=O) groups is 1. The van der Waals surface area contributed by atoms with Gasteiger partial charge in [-0.25, -0.2) is 19.7 Å². The van der Waals surface area contributed by atoms with Crippen LogP contribution in [0.4, 0.5) is 10.6 Å². The van der Waals surface area contributed by atoms with Crippen LogP contribution in [0.25, 0.3) is 11.2 Å². The minimum atomic E-state index is -0.721. The van der Waals surface area contributed by atoms with Gasteiger partial charge in [0.15, 0.2) is 23.5 Å². The summed E-state index contributed by atoms with van der Waals surface area (Å²) in [6, 6.07) is 0. The van der Waals surface area contributed by atoms with Crippen molar-refractivity contribution < 1.29 is 23.7 Å². The second-order valence-corrected chi connectivity index (χ2v) is 12.5. The fraction of sp³-hybridized carbons (Fsp3) is 0.769. The van der Waals surface area contributed by atoms with Crippen molar-refractivity contribution in [3.8, 4) is 0 Å². The maximum Gasteiger partial charge on any atom is 0.410 e. The first-order valence-corrected chi connectivity index (χ1v) is 13.6. The molecule has 4 saturated heterocycles. The molecule has 1 amide bonds. The predicted molar refractivity (Wildman–Crippen MR) is 138 cm³/mol. The Labute approximate surface area is 222 Å². The summed E-state index contributed by atoms with van der Waals surface area (Å²) in [5.74, 6) is -0.387. The first kappa shape index (κ1) is 25.7. The molecule has 4 atom stereocenters. The van der Waals surface area contributed by atoms with E-state index >= 15 is 0 Å². The molecule has 208 valence electrons. The molecule has 2 N–H and O–H groups in total. The number of carbonyl (C=O) groups excluding carboxylic acids is 1. The molecular formula is C26H39N7O5. The van der Waals surface area contributed by atoms with Gasteiger partial charge in [-0.15, -0.1) is 0 Å². The molecular weight excluding hydrogens is 490 g/mol.